The molecule has 0 spiro atoms. The van der Waals surface area contributed by atoms with Crippen LogP contribution in [0.25, 0.3) is 10.9 Å². The lowest BCUT2D eigenvalue weighted by Crippen LogP contribution is -2.43. The molecule has 1 aromatic heterocycles. The molecular formula is C13H18N4O. The third kappa shape index (κ3) is 1.80. The summed E-state index contributed by atoms with van der Waals surface area (Å²) in [6, 6.07) is 6.11. The first-order valence-electron chi connectivity index (χ1n) is 6.26. The van der Waals surface area contributed by atoms with Gasteiger partial charge in [0, 0.05) is 38.6 Å². The minimum atomic E-state index is 0.881. The highest BCUT2D eigenvalue weighted by atomic mass is 16.5. The normalized spacial score (nSPS) is 16.2. The number of piperazine rings is 1. The van der Waals surface area contributed by atoms with E-state index in [0.717, 1.165) is 43.3 Å². The van der Waals surface area contributed by atoms with Crippen LogP contribution < -0.4 is 15.0 Å². The number of anilines is 1. The average molecular weight is 246 g/mol. The SMILES string of the molecule is COc1ccc2c(c1)c(N1CCNCC1)nn2C. The molecule has 0 aliphatic carbocycles. The fraction of sp³-hybridized carbons (Fsp3) is 0.462. The average Bonchev–Trinajstić information content (AvgIpc) is 2.76. The van der Waals surface area contributed by atoms with Crippen molar-refractivity contribution in [2.75, 3.05) is 38.2 Å². The van der Waals surface area contributed by atoms with E-state index in [0.29, 0.717) is 0 Å². The van der Waals surface area contributed by atoms with Crippen molar-refractivity contribution in [2.24, 2.45) is 7.05 Å². The smallest absolute Gasteiger partial charge is 0.158 e. The van der Waals surface area contributed by atoms with Gasteiger partial charge >= 0.3 is 0 Å². The van der Waals surface area contributed by atoms with Crippen LogP contribution in [0, 0.1) is 0 Å². The molecule has 0 bridgehead atoms. The van der Waals surface area contributed by atoms with Gasteiger partial charge in [0.15, 0.2) is 5.82 Å². The molecule has 0 radical (unpaired) electrons. The van der Waals surface area contributed by atoms with E-state index in [2.05, 4.69) is 27.4 Å². The molecule has 2 aromatic rings. The third-order valence-electron chi connectivity index (χ3n) is 3.45. The molecule has 1 aliphatic heterocycles. The van der Waals surface area contributed by atoms with Crippen molar-refractivity contribution in [1.82, 2.24) is 15.1 Å². The molecule has 2 heterocycles. The van der Waals surface area contributed by atoms with Crippen LogP contribution in [-0.4, -0.2) is 43.1 Å². The lowest BCUT2D eigenvalue weighted by molar-refractivity contribution is 0.415. The summed E-state index contributed by atoms with van der Waals surface area (Å²) in [4.78, 5) is 2.33. The van der Waals surface area contributed by atoms with Gasteiger partial charge in [0.05, 0.1) is 12.6 Å². The molecule has 18 heavy (non-hydrogen) atoms. The molecule has 0 saturated carbocycles. The second-order valence-corrected chi connectivity index (χ2v) is 4.57. The first kappa shape index (κ1) is 11.3. The number of nitrogens with zero attached hydrogens (tertiary/aromatic N) is 3. The van der Waals surface area contributed by atoms with E-state index in [9.17, 15) is 0 Å². The maximum Gasteiger partial charge on any atom is 0.158 e. The lowest BCUT2D eigenvalue weighted by atomic mass is 10.2. The van der Waals surface area contributed by atoms with E-state index in [1.807, 2.05) is 17.8 Å². The number of benzene rings is 1. The molecule has 96 valence electrons. The van der Waals surface area contributed by atoms with E-state index in [4.69, 9.17) is 4.74 Å². The van der Waals surface area contributed by atoms with Crippen LogP contribution in [0.3, 0.4) is 0 Å². The fourth-order valence-corrected chi connectivity index (χ4v) is 2.46. The predicted octanol–water partition coefficient (Wildman–Crippen LogP) is 0.991. The Balaban J connectivity index is 2.09. The maximum absolute atomic E-state index is 5.31. The molecule has 5 nitrogen and oxygen atoms in total. The van der Waals surface area contributed by atoms with Gasteiger partial charge in [-0.05, 0) is 18.2 Å². The Morgan fingerprint density at radius 2 is 2.06 bits per heavy atom. The Morgan fingerprint density at radius 3 is 2.78 bits per heavy atom. The van der Waals surface area contributed by atoms with Gasteiger partial charge in [-0.1, -0.05) is 0 Å². The van der Waals surface area contributed by atoms with Crippen LogP contribution >= 0.6 is 0 Å². The van der Waals surface area contributed by atoms with Gasteiger partial charge in [-0.3, -0.25) is 4.68 Å². The molecule has 1 fully saturated rings. The minimum absolute atomic E-state index is 0.881. The first-order chi connectivity index (χ1) is 8.79. The van der Waals surface area contributed by atoms with Gasteiger partial charge in [-0.15, -0.1) is 0 Å². The summed E-state index contributed by atoms with van der Waals surface area (Å²) in [6.45, 7) is 4.04. The van der Waals surface area contributed by atoms with Crippen molar-refractivity contribution in [1.29, 1.82) is 0 Å². The number of ether oxygens (including phenoxy) is 1. The van der Waals surface area contributed by atoms with Crippen molar-refractivity contribution in [3.63, 3.8) is 0 Å². The van der Waals surface area contributed by atoms with E-state index in [1.54, 1.807) is 7.11 Å². The van der Waals surface area contributed by atoms with Crippen LogP contribution in [-0.2, 0) is 7.05 Å². The summed E-state index contributed by atoms with van der Waals surface area (Å²) in [5.74, 6) is 1.94. The van der Waals surface area contributed by atoms with Crippen molar-refractivity contribution < 1.29 is 4.74 Å². The first-order valence-corrected chi connectivity index (χ1v) is 6.26. The number of aromatic nitrogens is 2. The van der Waals surface area contributed by atoms with Crippen molar-refractivity contribution in [3.05, 3.63) is 18.2 Å². The predicted molar refractivity (Wildman–Crippen MR) is 72.3 cm³/mol. The van der Waals surface area contributed by atoms with Crippen LogP contribution in [0.5, 0.6) is 5.75 Å². The number of rotatable bonds is 2. The summed E-state index contributed by atoms with van der Waals surface area (Å²) >= 11 is 0. The Labute approximate surface area is 106 Å². The van der Waals surface area contributed by atoms with E-state index in [1.165, 1.54) is 5.39 Å². The molecule has 1 aliphatic rings. The molecule has 1 aromatic carbocycles. The maximum atomic E-state index is 5.31. The van der Waals surface area contributed by atoms with Gasteiger partial charge < -0.3 is 15.0 Å². The topological polar surface area (TPSA) is 42.3 Å². The third-order valence-corrected chi connectivity index (χ3v) is 3.45. The Morgan fingerprint density at radius 1 is 1.28 bits per heavy atom. The van der Waals surface area contributed by atoms with Crippen LogP contribution in [0.4, 0.5) is 5.82 Å². The highest BCUT2D eigenvalue weighted by Gasteiger charge is 2.17. The summed E-state index contributed by atoms with van der Waals surface area (Å²) < 4.78 is 7.24. The Kier molecular flexibility index (Phi) is 2.83. The van der Waals surface area contributed by atoms with Crippen LogP contribution in [0.15, 0.2) is 18.2 Å². The van der Waals surface area contributed by atoms with E-state index >= 15 is 0 Å². The van der Waals surface area contributed by atoms with Gasteiger partial charge in [-0.2, -0.15) is 5.10 Å². The number of nitrogens with one attached hydrogen (secondary N) is 1. The molecule has 5 heteroatoms. The molecule has 3 rings (SSSR count). The number of aryl methyl sites for hydroxylation is 1. The van der Waals surface area contributed by atoms with Crippen LogP contribution in [0.2, 0.25) is 0 Å². The van der Waals surface area contributed by atoms with Gasteiger partial charge in [-0.25, -0.2) is 0 Å². The zero-order valence-corrected chi connectivity index (χ0v) is 10.8. The fourth-order valence-electron chi connectivity index (χ4n) is 2.46. The zero-order chi connectivity index (χ0) is 12.5. The summed E-state index contributed by atoms with van der Waals surface area (Å²) in [7, 11) is 3.68. The minimum Gasteiger partial charge on any atom is -0.497 e. The lowest BCUT2D eigenvalue weighted by Gasteiger charge is -2.27. The zero-order valence-electron chi connectivity index (χ0n) is 10.8. The summed E-state index contributed by atoms with van der Waals surface area (Å²) in [5.41, 5.74) is 1.14. The monoisotopic (exact) mass is 246 g/mol. The number of fused-ring (bicyclic) bond motifs is 1. The van der Waals surface area contributed by atoms with Crippen molar-refractivity contribution in [2.45, 2.75) is 0 Å². The summed E-state index contributed by atoms with van der Waals surface area (Å²) in [6.07, 6.45) is 0. The molecule has 0 amide bonds. The van der Waals surface area contributed by atoms with Gasteiger partial charge in [0.25, 0.3) is 0 Å². The van der Waals surface area contributed by atoms with E-state index in [-0.39, 0.29) is 0 Å². The summed E-state index contributed by atoms with van der Waals surface area (Å²) in [5, 5.41) is 9.17. The van der Waals surface area contributed by atoms with Crippen molar-refractivity contribution in [3.8, 4) is 5.75 Å². The molecule has 0 unspecified atom stereocenters. The number of methoxy groups -OCH3 is 1. The highest BCUT2D eigenvalue weighted by Crippen LogP contribution is 2.29. The largest absolute Gasteiger partial charge is 0.497 e. The molecule has 1 saturated heterocycles. The Bertz CT molecular complexity index is 557. The number of hydrogen-bond donors (Lipinski definition) is 1. The second kappa shape index (κ2) is 4.49. The standard InChI is InChI=1S/C13H18N4O/c1-16-12-4-3-10(18-2)9-11(12)13(15-16)17-7-5-14-6-8-17/h3-4,9,14H,5-8H2,1-2H3. The second-order valence-electron chi connectivity index (χ2n) is 4.57. The number of hydrogen-bond acceptors (Lipinski definition) is 4. The highest BCUT2D eigenvalue weighted by molar-refractivity contribution is 5.91. The van der Waals surface area contributed by atoms with Crippen molar-refractivity contribution >= 4 is 16.7 Å². The molecular weight excluding hydrogens is 228 g/mol. The van der Waals surface area contributed by atoms with Gasteiger partial charge in [0.2, 0.25) is 0 Å². The Hall–Kier alpha value is -1.75. The molecule has 0 atom stereocenters. The van der Waals surface area contributed by atoms with Gasteiger partial charge in [0.1, 0.15) is 5.75 Å². The van der Waals surface area contributed by atoms with E-state index < -0.39 is 0 Å². The quantitative estimate of drug-likeness (QED) is 0.858. The molecule has 1 N–H and O–H groups in total. The van der Waals surface area contributed by atoms with Crippen LogP contribution in [0.1, 0.15) is 0 Å².